The Hall–Kier alpha value is -1.14. The van der Waals surface area contributed by atoms with E-state index in [9.17, 15) is 4.79 Å². The number of halogens is 1. The van der Waals surface area contributed by atoms with Crippen LogP contribution in [-0.4, -0.2) is 5.78 Å². The summed E-state index contributed by atoms with van der Waals surface area (Å²) in [7, 11) is 0. The Kier molecular flexibility index (Phi) is 1.93. The van der Waals surface area contributed by atoms with Crippen molar-refractivity contribution in [3.63, 3.8) is 0 Å². The molecule has 0 heterocycles. The van der Waals surface area contributed by atoms with Gasteiger partial charge in [0.05, 0.1) is 6.07 Å². The number of carbonyl (C=O) groups is 1. The predicted molar refractivity (Wildman–Crippen MR) is 51.3 cm³/mol. The molecule has 0 radical (unpaired) electrons. The van der Waals surface area contributed by atoms with Crippen LogP contribution in [-0.2, 0) is 6.42 Å². The van der Waals surface area contributed by atoms with E-state index in [1.54, 1.807) is 6.07 Å². The summed E-state index contributed by atoms with van der Waals surface area (Å²) in [6, 6.07) is 7.59. The molecule has 1 aliphatic carbocycles. The number of carbonyl (C=O) groups excluding carboxylic acids is 1. The molecular formula is C10H6BrNO. The molecule has 1 atom stereocenters. The Bertz CT molecular complexity index is 419. The Morgan fingerprint density at radius 2 is 2.31 bits per heavy atom. The fourth-order valence-electron chi connectivity index (χ4n) is 1.56. The third kappa shape index (κ3) is 1.27. The van der Waals surface area contributed by atoms with E-state index in [1.807, 2.05) is 18.2 Å². The number of ketones is 1. The van der Waals surface area contributed by atoms with Crippen LogP contribution < -0.4 is 0 Å². The second-order valence-electron chi connectivity index (χ2n) is 3.05. The summed E-state index contributed by atoms with van der Waals surface area (Å²) in [6.45, 7) is 0. The van der Waals surface area contributed by atoms with Crippen LogP contribution in [0.3, 0.4) is 0 Å². The second kappa shape index (κ2) is 2.97. The van der Waals surface area contributed by atoms with Gasteiger partial charge in [-0.3, -0.25) is 4.79 Å². The van der Waals surface area contributed by atoms with Gasteiger partial charge in [0.2, 0.25) is 0 Å². The summed E-state index contributed by atoms with van der Waals surface area (Å²) in [4.78, 5) is 11.5. The zero-order valence-electron chi connectivity index (χ0n) is 6.75. The monoisotopic (exact) mass is 235 g/mol. The molecule has 0 N–H and O–H groups in total. The minimum atomic E-state index is -0.468. The third-order valence-corrected chi connectivity index (χ3v) is 2.73. The molecule has 0 saturated heterocycles. The Labute approximate surface area is 84.3 Å². The summed E-state index contributed by atoms with van der Waals surface area (Å²) in [5, 5.41) is 8.70. The lowest BCUT2D eigenvalue weighted by atomic mass is 10.1. The molecule has 1 aromatic carbocycles. The number of hydrogen-bond donors (Lipinski definition) is 0. The van der Waals surface area contributed by atoms with Crippen LogP contribution in [0.25, 0.3) is 0 Å². The van der Waals surface area contributed by atoms with Crippen molar-refractivity contribution >= 4 is 21.7 Å². The van der Waals surface area contributed by atoms with Crippen molar-refractivity contribution in [2.45, 2.75) is 6.42 Å². The molecule has 1 aromatic rings. The van der Waals surface area contributed by atoms with Gasteiger partial charge in [-0.25, -0.2) is 0 Å². The van der Waals surface area contributed by atoms with Gasteiger partial charge in [-0.1, -0.05) is 22.0 Å². The summed E-state index contributed by atoms with van der Waals surface area (Å²) in [5.74, 6) is -0.511. The number of nitrogens with zero attached hydrogens (tertiary/aromatic N) is 1. The smallest absolute Gasteiger partial charge is 0.180 e. The molecule has 3 heteroatoms. The number of benzene rings is 1. The molecule has 0 amide bonds. The Morgan fingerprint density at radius 3 is 3.00 bits per heavy atom. The van der Waals surface area contributed by atoms with Crippen LogP contribution in [0.15, 0.2) is 22.7 Å². The Balaban J connectivity index is 2.52. The molecule has 13 heavy (non-hydrogen) atoms. The van der Waals surface area contributed by atoms with Crippen molar-refractivity contribution in [2.75, 3.05) is 0 Å². The Morgan fingerprint density at radius 1 is 1.54 bits per heavy atom. The van der Waals surface area contributed by atoms with Crippen LogP contribution in [0.1, 0.15) is 15.9 Å². The van der Waals surface area contributed by atoms with Crippen molar-refractivity contribution in [1.82, 2.24) is 0 Å². The highest BCUT2D eigenvalue weighted by Gasteiger charge is 2.30. The first kappa shape index (κ1) is 8.46. The first-order chi connectivity index (χ1) is 6.22. The van der Waals surface area contributed by atoms with Gasteiger partial charge >= 0.3 is 0 Å². The summed E-state index contributed by atoms with van der Waals surface area (Å²) >= 11 is 3.30. The van der Waals surface area contributed by atoms with Crippen LogP contribution >= 0.6 is 15.9 Å². The number of fused-ring (bicyclic) bond motifs is 1. The molecule has 1 unspecified atom stereocenters. The number of nitriles is 1. The fraction of sp³-hybridized carbons (Fsp3) is 0.200. The van der Waals surface area contributed by atoms with Crippen LogP contribution in [0.4, 0.5) is 0 Å². The molecule has 0 aromatic heterocycles. The minimum absolute atomic E-state index is 0.0428. The van der Waals surface area contributed by atoms with Gasteiger partial charge in [-0.05, 0) is 24.1 Å². The fourth-order valence-corrected chi connectivity index (χ4v) is 1.92. The van der Waals surface area contributed by atoms with E-state index in [-0.39, 0.29) is 5.78 Å². The van der Waals surface area contributed by atoms with Crippen molar-refractivity contribution in [1.29, 1.82) is 5.26 Å². The largest absolute Gasteiger partial charge is 0.293 e. The molecule has 0 fully saturated rings. The highest BCUT2D eigenvalue weighted by molar-refractivity contribution is 9.10. The maximum absolute atomic E-state index is 11.5. The van der Waals surface area contributed by atoms with Gasteiger partial charge in [0.1, 0.15) is 5.92 Å². The van der Waals surface area contributed by atoms with Gasteiger partial charge < -0.3 is 0 Å². The van der Waals surface area contributed by atoms with E-state index in [2.05, 4.69) is 15.9 Å². The average Bonchev–Trinajstić information content (AvgIpc) is 2.44. The molecule has 1 aliphatic rings. The van der Waals surface area contributed by atoms with E-state index in [0.29, 0.717) is 12.0 Å². The summed E-state index contributed by atoms with van der Waals surface area (Å²) < 4.78 is 0.887. The van der Waals surface area contributed by atoms with Gasteiger partial charge in [0.25, 0.3) is 0 Å². The zero-order valence-corrected chi connectivity index (χ0v) is 8.34. The summed E-state index contributed by atoms with van der Waals surface area (Å²) in [6.07, 6.45) is 0.567. The zero-order chi connectivity index (χ0) is 9.42. The highest BCUT2D eigenvalue weighted by Crippen LogP contribution is 2.28. The number of rotatable bonds is 0. The lowest BCUT2D eigenvalue weighted by molar-refractivity contribution is 0.0963. The maximum Gasteiger partial charge on any atom is 0.180 e. The van der Waals surface area contributed by atoms with E-state index in [0.717, 1.165) is 10.0 Å². The topological polar surface area (TPSA) is 40.9 Å². The number of hydrogen-bond acceptors (Lipinski definition) is 2. The van der Waals surface area contributed by atoms with E-state index in [4.69, 9.17) is 5.26 Å². The number of Topliss-reactive ketones (excluding diaryl/α,β-unsaturated/α-hetero) is 1. The molecule has 0 aliphatic heterocycles. The second-order valence-corrected chi connectivity index (χ2v) is 3.97. The van der Waals surface area contributed by atoms with E-state index in [1.165, 1.54) is 0 Å². The van der Waals surface area contributed by atoms with Crippen LogP contribution in [0.5, 0.6) is 0 Å². The first-order valence-corrected chi connectivity index (χ1v) is 4.74. The molecule has 2 nitrogen and oxygen atoms in total. The predicted octanol–water partition coefficient (Wildman–Crippen LogP) is 2.33. The lowest BCUT2D eigenvalue weighted by Gasteiger charge is -1.95. The quantitative estimate of drug-likeness (QED) is 0.693. The third-order valence-electron chi connectivity index (χ3n) is 2.23. The van der Waals surface area contributed by atoms with Gasteiger partial charge in [-0.2, -0.15) is 5.26 Å². The van der Waals surface area contributed by atoms with Gasteiger partial charge in [-0.15, -0.1) is 0 Å². The molecule has 0 spiro atoms. The van der Waals surface area contributed by atoms with Crippen molar-refractivity contribution in [3.05, 3.63) is 33.8 Å². The van der Waals surface area contributed by atoms with Crippen LogP contribution in [0, 0.1) is 17.2 Å². The van der Waals surface area contributed by atoms with Crippen molar-refractivity contribution in [2.24, 2.45) is 5.92 Å². The van der Waals surface area contributed by atoms with Crippen molar-refractivity contribution < 1.29 is 4.79 Å². The summed E-state index contributed by atoms with van der Waals surface area (Å²) in [5.41, 5.74) is 1.68. The van der Waals surface area contributed by atoms with Gasteiger partial charge in [0, 0.05) is 10.0 Å². The van der Waals surface area contributed by atoms with Crippen molar-refractivity contribution in [3.8, 4) is 6.07 Å². The molecule has 0 saturated carbocycles. The normalized spacial score (nSPS) is 19.7. The maximum atomic E-state index is 11.5. The molecule has 0 bridgehead atoms. The minimum Gasteiger partial charge on any atom is -0.293 e. The van der Waals surface area contributed by atoms with E-state index < -0.39 is 5.92 Å². The highest BCUT2D eigenvalue weighted by atomic mass is 79.9. The average molecular weight is 236 g/mol. The molecule has 2 rings (SSSR count). The lowest BCUT2D eigenvalue weighted by Crippen LogP contribution is -2.05. The van der Waals surface area contributed by atoms with Gasteiger partial charge in [0.15, 0.2) is 5.78 Å². The van der Waals surface area contributed by atoms with Crippen LogP contribution in [0.2, 0.25) is 0 Å². The van der Waals surface area contributed by atoms with E-state index >= 15 is 0 Å². The first-order valence-electron chi connectivity index (χ1n) is 3.94. The molecule has 64 valence electrons. The standard InChI is InChI=1S/C10H6BrNO/c11-8-2-1-6-3-7(5-12)10(13)9(6)4-8/h1-2,4,7H,3H2. The molecular weight excluding hydrogens is 230 g/mol. The SMILES string of the molecule is N#CC1Cc2ccc(Br)cc2C1=O.